The van der Waals surface area contributed by atoms with Crippen molar-refractivity contribution in [2.24, 2.45) is 0 Å². The maximum Gasteiger partial charge on any atom is 0.306 e. The third-order valence-electron chi connectivity index (χ3n) is 12.6. The first-order valence-electron chi connectivity index (χ1n) is 30.7. The van der Waals surface area contributed by atoms with Crippen LogP contribution in [0.2, 0.25) is 0 Å². The Hall–Kier alpha value is -4.45. The summed E-state index contributed by atoms with van der Waals surface area (Å²) in [6.07, 6.45) is 87.3. The molecular formula is C69H112O6. The second-order valence-corrected chi connectivity index (χ2v) is 19.8. The van der Waals surface area contributed by atoms with Gasteiger partial charge in [-0.1, -0.05) is 244 Å². The van der Waals surface area contributed by atoms with Crippen molar-refractivity contribution in [1.29, 1.82) is 0 Å². The molecule has 1 unspecified atom stereocenters. The van der Waals surface area contributed by atoms with Crippen LogP contribution in [-0.2, 0) is 28.6 Å². The molecule has 0 fully saturated rings. The van der Waals surface area contributed by atoms with Crippen LogP contribution in [0.25, 0.3) is 0 Å². The molecule has 0 aliphatic heterocycles. The quantitative estimate of drug-likeness (QED) is 0.0261. The molecule has 0 N–H and O–H groups in total. The second kappa shape index (κ2) is 62.1. The summed E-state index contributed by atoms with van der Waals surface area (Å²) in [7, 11) is 0. The van der Waals surface area contributed by atoms with E-state index in [2.05, 4.69) is 154 Å². The molecule has 0 aromatic heterocycles. The van der Waals surface area contributed by atoms with Crippen molar-refractivity contribution in [2.75, 3.05) is 13.2 Å². The van der Waals surface area contributed by atoms with Crippen LogP contribution in [0.5, 0.6) is 0 Å². The van der Waals surface area contributed by atoms with Crippen molar-refractivity contribution >= 4 is 17.9 Å². The standard InChI is InChI=1S/C69H112O6/c1-4-7-10-13-16-19-22-25-27-29-30-31-32-33-34-35-36-37-38-40-41-44-47-50-53-56-59-62-68(71)74-65-66(64-73-67(70)61-58-55-52-49-46-43-24-21-18-15-12-9-6-3)75-69(72)63-60-57-54-51-48-45-42-39-28-26-23-20-17-14-11-8-5-2/h7,9-10,12,16-21,25-28,30-31,33-34,36-37,43,46,66H,4-6,8,11,13-15,22-24,29,32,35,38-42,44-45,47-65H2,1-3H3/b10-7-,12-9-,19-16-,20-17-,21-18-,27-25-,28-26-,31-30-,34-33-,37-36-,46-43-. The smallest absolute Gasteiger partial charge is 0.306 e. The number of carbonyl (C=O) groups is 3. The van der Waals surface area contributed by atoms with E-state index < -0.39 is 6.10 Å². The van der Waals surface area contributed by atoms with Gasteiger partial charge < -0.3 is 14.2 Å². The van der Waals surface area contributed by atoms with Gasteiger partial charge in [0.1, 0.15) is 13.2 Å². The first-order valence-corrected chi connectivity index (χ1v) is 30.7. The molecule has 0 spiro atoms. The molecule has 6 heteroatoms. The fourth-order valence-electron chi connectivity index (χ4n) is 8.08. The third kappa shape index (κ3) is 60.3. The van der Waals surface area contributed by atoms with E-state index in [0.717, 1.165) is 141 Å². The summed E-state index contributed by atoms with van der Waals surface area (Å²) in [6.45, 7) is 6.35. The van der Waals surface area contributed by atoms with Gasteiger partial charge in [0.2, 0.25) is 0 Å². The summed E-state index contributed by atoms with van der Waals surface area (Å²) in [5.41, 5.74) is 0. The lowest BCUT2D eigenvalue weighted by Crippen LogP contribution is -2.30. The topological polar surface area (TPSA) is 78.9 Å². The summed E-state index contributed by atoms with van der Waals surface area (Å²) >= 11 is 0. The maximum atomic E-state index is 12.9. The van der Waals surface area contributed by atoms with Crippen LogP contribution in [-0.4, -0.2) is 37.2 Å². The fraction of sp³-hybridized carbons (Fsp3) is 0.638. The van der Waals surface area contributed by atoms with Crippen LogP contribution in [0.3, 0.4) is 0 Å². The van der Waals surface area contributed by atoms with Crippen LogP contribution in [0.4, 0.5) is 0 Å². The third-order valence-corrected chi connectivity index (χ3v) is 12.6. The molecule has 6 nitrogen and oxygen atoms in total. The molecule has 0 aliphatic carbocycles. The van der Waals surface area contributed by atoms with Crippen molar-refractivity contribution in [3.05, 3.63) is 134 Å². The molecule has 1 atom stereocenters. The number of unbranched alkanes of at least 4 members (excludes halogenated alkanes) is 21. The summed E-state index contributed by atoms with van der Waals surface area (Å²) in [4.78, 5) is 38.2. The average molecular weight is 1040 g/mol. The summed E-state index contributed by atoms with van der Waals surface area (Å²) in [6, 6.07) is 0. The number of hydrogen-bond donors (Lipinski definition) is 0. The lowest BCUT2D eigenvalue weighted by Gasteiger charge is -2.18. The molecule has 0 heterocycles. The highest BCUT2D eigenvalue weighted by molar-refractivity contribution is 5.71. The number of ether oxygens (including phenoxy) is 3. The van der Waals surface area contributed by atoms with Gasteiger partial charge in [0.25, 0.3) is 0 Å². The number of carbonyl (C=O) groups excluding carboxylic acids is 3. The van der Waals surface area contributed by atoms with E-state index >= 15 is 0 Å². The SMILES string of the molecule is CC/C=C\C/C=C\C/C=C\C/C=C\C/C=C\C/C=C\CCCCCCCCCCC(=O)OCC(COC(=O)CCCCC/C=C\C/C=C\C/C=C\CC)OC(=O)CCCCCCCCC/C=C\C/C=C\CCCCC. The van der Waals surface area contributed by atoms with E-state index in [0.29, 0.717) is 19.3 Å². The van der Waals surface area contributed by atoms with Crippen LogP contribution in [0.1, 0.15) is 265 Å². The summed E-state index contributed by atoms with van der Waals surface area (Å²) in [5.74, 6) is -0.945. The minimum absolute atomic E-state index is 0.0989. The van der Waals surface area contributed by atoms with Gasteiger partial charge in [-0.05, 0) is 135 Å². The second-order valence-electron chi connectivity index (χ2n) is 19.8. The van der Waals surface area contributed by atoms with E-state index in [9.17, 15) is 14.4 Å². The van der Waals surface area contributed by atoms with Crippen molar-refractivity contribution in [3.8, 4) is 0 Å². The van der Waals surface area contributed by atoms with E-state index in [1.54, 1.807) is 0 Å². The molecular weight excluding hydrogens is 925 g/mol. The van der Waals surface area contributed by atoms with Crippen LogP contribution in [0.15, 0.2) is 134 Å². The van der Waals surface area contributed by atoms with Gasteiger partial charge in [-0.3, -0.25) is 14.4 Å². The van der Waals surface area contributed by atoms with E-state index in [-0.39, 0.29) is 31.1 Å². The molecule has 0 saturated carbocycles. The lowest BCUT2D eigenvalue weighted by molar-refractivity contribution is -0.167. The molecule has 0 aromatic carbocycles. The van der Waals surface area contributed by atoms with Crippen LogP contribution < -0.4 is 0 Å². The Morgan fingerprint density at radius 2 is 0.520 bits per heavy atom. The fourth-order valence-corrected chi connectivity index (χ4v) is 8.08. The molecule has 75 heavy (non-hydrogen) atoms. The molecule has 0 rings (SSSR count). The monoisotopic (exact) mass is 1040 g/mol. The van der Waals surface area contributed by atoms with Gasteiger partial charge >= 0.3 is 17.9 Å². The Balaban J connectivity index is 4.38. The predicted octanol–water partition coefficient (Wildman–Crippen LogP) is 21.0. The Bertz CT molecular complexity index is 1620. The number of hydrogen-bond acceptors (Lipinski definition) is 6. The normalized spacial score (nSPS) is 13.1. The van der Waals surface area contributed by atoms with Crippen molar-refractivity contribution in [3.63, 3.8) is 0 Å². The highest BCUT2D eigenvalue weighted by Gasteiger charge is 2.19. The number of rotatable bonds is 54. The molecule has 0 aliphatic rings. The van der Waals surface area contributed by atoms with E-state index in [1.165, 1.54) is 83.5 Å². The van der Waals surface area contributed by atoms with Crippen LogP contribution in [0, 0.1) is 0 Å². The predicted molar refractivity (Wildman–Crippen MR) is 325 cm³/mol. The first kappa shape index (κ1) is 70.5. The number of allylic oxidation sites excluding steroid dienone is 22. The van der Waals surface area contributed by atoms with Crippen molar-refractivity contribution < 1.29 is 28.6 Å². The van der Waals surface area contributed by atoms with Gasteiger partial charge in [0.05, 0.1) is 0 Å². The highest BCUT2D eigenvalue weighted by atomic mass is 16.6. The maximum absolute atomic E-state index is 12.9. The van der Waals surface area contributed by atoms with Gasteiger partial charge in [0.15, 0.2) is 6.10 Å². The largest absolute Gasteiger partial charge is 0.462 e. The Kier molecular flexibility index (Phi) is 58.4. The first-order chi connectivity index (χ1) is 37.0. The molecule has 0 bridgehead atoms. The minimum atomic E-state index is -0.803. The zero-order chi connectivity index (χ0) is 54.3. The number of esters is 3. The minimum Gasteiger partial charge on any atom is -0.462 e. The van der Waals surface area contributed by atoms with E-state index in [1.807, 2.05) is 0 Å². The molecule has 424 valence electrons. The van der Waals surface area contributed by atoms with Gasteiger partial charge in [0, 0.05) is 19.3 Å². The van der Waals surface area contributed by atoms with E-state index in [4.69, 9.17) is 14.2 Å². The molecule has 0 radical (unpaired) electrons. The van der Waals surface area contributed by atoms with Gasteiger partial charge in [-0.15, -0.1) is 0 Å². The average Bonchev–Trinajstić information content (AvgIpc) is 3.41. The Morgan fingerprint density at radius 3 is 0.827 bits per heavy atom. The zero-order valence-electron chi connectivity index (χ0n) is 48.5. The Morgan fingerprint density at radius 1 is 0.280 bits per heavy atom. The van der Waals surface area contributed by atoms with Crippen molar-refractivity contribution in [2.45, 2.75) is 271 Å². The highest BCUT2D eigenvalue weighted by Crippen LogP contribution is 2.14. The Labute approximate surface area is 462 Å². The summed E-state index contributed by atoms with van der Waals surface area (Å²) < 4.78 is 16.9. The molecule has 0 saturated heterocycles. The van der Waals surface area contributed by atoms with Crippen LogP contribution >= 0.6 is 0 Å². The summed E-state index contributed by atoms with van der Waals surface area (Å²) in [5, 5.41) is 0. The lowest BCUT2D eigenvalue weighted by atomic mass is 10.1. The molecule has 0 aromatic rings. The van der Waals surface area contributed by atoms with Gasteiger partial charge in [-0.25, -0.2) is 0 Å². The van der Waals surface area contributed by atoms with Crippen molar-refractivity contribution in [1.82, 2.24) is 0 Å². The zero-order valence-corrected chi connectivity index (χ0v) is 48.5. The molecule has 0 amide bonds. The van der Waals surface area contributed by atoms with Gasteiger partial charge in [-0.2, -0.15) is 0 Å².